The molecule has 0 amide bonds. The Hall–Kier alpha value is -2.30. The number of hydrogen-bond acceptors (Lipinski definition) is 5. The summed E-state index contributed by atoms with van der Waals surface area (Å²) in [5, 5.41) is 0. The summed E-state index contributed by atoms with van der Waals surface area (Å²) in [6.45, 7) is 5.15. The highest BCUT2D eigenvalue weighted by molar-refractivity contribution is 5.60. The highest BCUT2D eigenvalue weighted by atomic mass is 16.5. The molecule has 2 fully saturated rings. The van der Waals surface area contributed by atoms with Crippen LogP contribution in [0.4, 0.5) is 11.5 Å². The number of methoxy groups -OCH3 is 1. The second kappa shape index (κ2) is 6.30. The first-order chi connectivity index (χ1) is 11.8. The third-order valence-electron chi connectivity index (χ3n) is 5.02. The molecule has 5 nitrogen and oxygen atoms in total. The summed E-state index contributed by atoms with van der Waals surface area (Å²) in [5.41, 5.74) is 2.38. The van der Waals surface area contributed by atoms with Crippen molar-refractivity contribution in [2.75, 3.05) is 36.5 Å². The van der Waals surface area contributed by atoms with Crippen LogP contribution in [0.3, 0.4) is 0 Å². The zero-order valence-corrected chi connectivity index (χ0v) is 14.4. The molecule has 0 radical (unpaired) electrons. The van der Waals surface area contributed by atoms with Crippen LogP contribution in [-0.4, -0.2) is 42.8 Å². The molecule has 1 atom stereocenters. The molecule has 0 unspecified atom stereocenters. The van der Waals surface area contributed by atoms with Gasteiger partial charge in [-0.05, 0) is 31.9 Å². The average molecular weight is 324 g/mol. The number of anilines is 2. The predicted octanol–water partition coefficient (Wildman–Crippen LogP) is 3.08. The number of aromatic nitrogens is 2. The third-order valence-corrected chi connectivity index (χ3v) is 5.02. The minimum atomic E-state index is 0.394. The summed E-state index contributed by atoms with van der Waals surface area (Å²) in [6.07, 6.45) is 4.27. The second-order valence-electron chi connectivity index (χ2n) is 6.74. The SMILES string of the molecule is COc1ccccc1N1CCN(c2cc(C3CC3)ncn2)[C@@H](C)C1. The van der Waals surface area contributed by atoms with E-state index in [4.69, 9.17) is 4.74 Å². The van der Waals surface area contributed by atoms with Gasteiger partial charge in [0.2, 0.25) is 0 Å². The van der Waals surface area contributed by atoms with Crippen LogP contribution in [0, 0.1) is 0 Å². The van der Waals surface area contributed by atoms with Crippen LogP contribution in [0.5, 0.6) is 5.75 Å². The van der Waals surface area contributed by atoms with Gasteiger partial charge in [-0.3, -0.25) is 0 Å². The van der Waals surface area contributed by atoms with Gasteiger partial charge in [-0.2, -0.15) is 0 Å². The molecule has 5 heteroatoms. The Balaban J connectivity index is 1.51. The van der Waals surface area contributed by atoms with Crippen LogP contribution in [0.25, 0.3) is 0 Å². The van der Waals surface area contributed by atoms with Gasteiger partial charge in [0.05, 0.1) is 12.8 Å². The normalized spacial score (nSPS) is 21.0. The molecule has 2 aromatic rings. The van der Waals surface area contributed by atoms with Crippen molar-refractivity contribution in [2.24, 2.45) is 0 Å². The standard InChI is InChI=1S/C19H24N4O/c1-14-12-22(17-5-3-4-6-18(17)24-2)9-10-23(14)19-11-16(15-7-8-15)20-13-21-19/h3-6,11,13-15H,7-10,12H2,1-2H3/t14-/m0/s1. The fourth-order valence-corrected chi connectivity index (χ4v) is 3.53. The largest absolute Gasteiger partial charge is 0.495 e. The van der Waals surface area contributed by atoms with Crippen molar-refractivity contribution >= 4 is 11.5 Å². The first-order valence-corrected chi connectivity index (χ1v) is 8.73. The number of benzene rings is 1. The Kier molecular flexibility index (Phi) is 4.00. The average Bonchev–Trinajstić information content (AvgIpc) is 3.47. The Morgan fingerprint density at radius 1 is 1.12 bits per heavy atom. The second-order valence-corrected chi connectivity index (χ2v) is 6.74. The zero-order chi connectivity index (χ0) is 16.5. The molecule has 4 rings (SSSR count). The first kappa shape index (κ1) is 15.2. The number of rotatable bonds is 4. The Morgan fingerprint density at radius 2 is 1.96 bits per heavy atom. The van der Waals surface area contributed by atoms with Gasteiger partial charge >= 0.3 is 0 Å². The molecule has 0 spiro atoms. The molecule has 2 heterocycles. The van der Waals surface area contributed by atoms with Gasteiger partial charge in [-0.15, -0.1) is 0 Å². The molecule has 1 aliphatic carbocycles. The van der Waals surface area contributed by atoms with Gasteiger partial charge in [0.1, 0.15) is 17.9 Å². The molecule has 1 aliphatic heterocycles. The first-order valence-electron chi connectivity index (χ1n) is 8.73. The van der Waals surface area contributed by atoms with Gasteiger partial charge in [0, 0.05) is 43.4 Å². The van der Waals surface area contributed by atoms with Crippen molar-refractivity contribution < 1.29 is 4.74 Å². The number of nitrogens with zero attached hydrogens (tertiary/aromatic N) is 4. The molecular formula is C19H24N4O. The van der Waals surface area contributed by atoms with Gasteiger partial charge in [0.25, 0.3) is 0 Å². The van der Waals surface area contributed by atoms with E-state index >= 15 is 0 Å². The van der Waals surface area contributed by atoms with Crippen LogP contribution < -0.4 is 14.5 Å². The van der Waals surface area contributed by atoms with Crippen LogP contribution >= 0.6 is 0 Å². The molecular weight excluding hydrogens is 300 g/mol. The molecule has 1 saturated heterocycles. The summed E-state index contributed by atoms with van der Waals surface area (Å²) in [5.74, 6) is 2.67. The molecule has 0 N–H and O–H groups in total. The van der Waals surface area contributed by atoms with Crippen LogP contribution in [0.1, 0.15) is 31.4 Å². The number of ether oxygens (including phenoxy) is 1. The third kappa shape index (κ3) is 2.90. The summed E-state index contributed by atoms with van der Waals surface area (Å²) in [6, 6.07) is 10.8. The monoisotopic (exact) mass is 324 g/mol. The van der Waals surface area contributed by atoms with Crippen molar-refractivity contribution in [3.05, 3.63) is 42.4 Å². The quantitative estimate of drug-likeness (QED) is 0.864. The van der Waals surface area contributed by atoms with E-state index in [0.717, 1.165) is 31.2 Å². The van der Waals surface area contributed by atoms with E-state index in [1.54, 1.807) is 13.4 Å². The van der Waals surface area contributed by atoms with Gasteiger partial charge in [-0.25, -0.2) is 9.97 Å². The predicted molar refractivity (Wildman–Crippen MR) is 96.0 cm³/mol. The molecule has 2 aliphatic rings. The van der Waals surface area contributed by atoms with E-state index in [1.165, 1.54) is 24.2 Å². The maximum atomic E-state index is 5.52. The molecule has 1 aromatic heterocycles. The maximum Gasteiger partial charge on any atom is 0.142 e. The summed E-state index contributed by atoms with van der Waals surface area (Å²) >= 11 is 0. The van der Waals surface area contributed by atoms with Gasteiger partial charge < -0.3 is 14.5 Å². The highest BCUT2D eigenvalue weighted by Crippen LogP contribution is 2.39. The van der Waals surface area contributed by atoms with E-state index in [2.05, 4.69) is 44.9 Å². The van der Waals surface area contributed by atoms with E-state index < -0.39 is 0 Å². The Bertz CT molecular complexity index is 716. The zero-order valence-electron chi connectivity index (χ0n) is 14.4. The fraction of sp³-hybridized carbons (Fsp3) is 0.474. The number of piperazine rings is 1. The fourth-order valence-electron chi connectivity index (χ4n) is 3.53. The van der Waals surface area contributed by atoms with Crippen LogP contribution in [0.2, 0.25) is 0 Å². The lowest BCUT2D eigenvalue weighted by Gasteiger charge is -2.42. The number of para-hydroxylation sites is 2. The van der Waals surface area contributed by atoms with Crippen molar-refractivity contribution in [3.8, 4) is 5.75 Å². The number of hydrogen-bond donors (Lipinski definition) is 0. The highest BCUT2D eigenvalue weighted by Gasteiger charge is 2.29. The van der Waals surface area contributed by atoms with Crippen LogP contribution in [-0.2, 0) is 0 Å². The van der Waals surface area contributed by atoms with Gasteiger partial charge in [0.15, 0.2) is 0 Å². The van der Waals surface area contributed by atoms with E-state index in [0.29, 0.717) is 12.0 Å². The van der Waals surface area contributed by atoms with Gasteiger partial charge in [-0.1, -0.05) is 12.1 Å². The molecule has 1 aromatic carbocycles. The Morgan fingerprint density at radius 3 is 2.71 bits per heavy atom. The van der Waals surface area contributed by atoms with E-state index in [-0.39, 0.29) is 0 Å². The molecule has 0 bridgehead atoms. The molecule has 1 saturated carbocycles. The lowest BCUT2D eigenvalue weighted by molar-refractivity contribution is 0.412. The van der Waals surface area contributed by atoms with Crippen LogP contribution in [0.15, 0.2) is 36.7 Å². The minimum absolute atomic E-state index is 0.394. The van der Waals surface area contributed by atoms with E-state index in [1.807, 2.05) is 12.1 Å². The molecule has 24 heavy (non-hydrogen) atoms. The van der Waals surface area contributed by atoms with Crippen molar-refractivity contribution in [1.29, 1.82) is 0 Å². The lowest BCUT2D eigenvalue weighted by Crippen LogP contribution is -2.52. The van der Waals surface area contributed by atoms with E-state index in [9.17, 15) is 0 Å². The minimum Gasteiger partial charge on any atom is -0.495 e. The maximum absolute atomic E-state index is 5.52. The molecule has 126 valence electrons. The summed E-state index contributed by atoms with van der Waals surface area (Å²) in [4.78, 5) is 13.8. The Labute approximate surface area is 143 Å². The lowest BCUT2D eigenvalue weighted by atomic mass is 10.1. The smallest absolute Gasteiger partial charge is 0.142 e. The van der Waals surface area contributed by atoms with Crippen molar-refractivity contribution in [3.63, 3.8) is 0 Å². The summed E-state index contributed by atoms with van der Waals surface area (Å²) in [7, 11) is 1.73. The summed E-state index contributed by atoms with van der Waals surface area (Å²) < 4.78 is 5.52. The van der Waals surface area contributed by atoms with Crippen molar-refractivity contribution in [1.82, 2.24) is 9.97 Å². The van der Waals surface area contributed by atoms with Crippen molar-refractivity contribution in [2.45, 2.75) is 31.7 Å². The topological polar surface area (TPSA) is 41.5 Å².